The molecule has 0 saturated carbocycles. The minimum atomic E-state index is -1.08. The Morgan fingerprint density at radius 1 is 1.58 bits per heavy atom. The Morgan fingerprint density at radius 2 is 2.25 bits per heavy atom. The van der Waals surface area contributed by atoms with Crippen LogP contribution in [0.1, 0.15) is 12.8 Å². The number of nitrogens with zero attached hydrogens (tertiary/aromatic N) is 1. The molecule has 1 saturated heterocycles. The summed E-state index contributed by atoms with van der Waals surface area (Å²) in [5.41, 5.74) is 0. The minimum absolute atomic E-state index is 0.312. The Balaban J connectivity index is 2.64. The molecule has 0 aromatic rings. The van der Waals surface area contributed by atoms with Crippen molar-refractivity contribution >= 4 is 6.09 Å². The number of amides is 1. The molecule has 1 aliphatic rings. The van der Waals surface area contributed by atoms with Crippen LogP contribution in [0.3, 0.4) is 0 Å². The SMILES string of the molecule is O=C(O)N1CCC[C@H](O)[C@H]1CO. The second-order valence-electron chi connectivity index (χ2n) is 2.94. The van der Waals surface area contributed by atoms with Crippen LogP contribution >= 0.6 is 0 Å². The molecule has 70 valence electrons. The second kappa shape index (κ2) is 3.73. The monoisotopic (exact) mass is 175 g/mol. The summed E-state index contributed by atoms with van der Waals surface area (Å²) in [6.45, 7) is 0.0884. The molecule has 0 unspecified atom stereocenters. The number of aliphatic hydroxyl groups is 2. The molecule has 0 spiro atoms. The molecule has 12 heavy (non-hydrogen) atoms. The summed E-state index contributed by atoms with van der Waals surface area (Å²) in [5, 5.41) is 26.8. The number of hydrogen-bond donors (Lipinski definition) is 3. The van der Waals surface area contributed by atoms with Crippen molar-refractivity contribution < 1.29 is 20.1 Å². The molecule has 1 amide bonds. The van der Waals surface area contributed by atoms with Crippen LogP contribution in [0.5, 0.6) is 0 Å². The van der Waals surface area contributed by atoms with Gasteiger partial charge in [-0.3, -0.25) is 0 Å². The van der Waals surface area contributed by atoms with Gasteiger partial charge >= 0.3 is 6.09 Å². The maximum atomic E-state index is 10.6. The molecule has 0 bridgehead atoms. The Labute approximate surface area is 70.2 Å². The topological polar surface area (TPSA) is 81.0 Å². The molecule has 3 N–H and O–H groups in total. The number of likely N-dealkylation sites (tertiary alicyclic amines) is 1. The van der Waals surface area contributed by atoms with Gasteiger partial charge in [0.05, 0.1) is 18.8 Å². The molecule has 0 aliphatic carbocycles. The number of aliphatic hydroxyl groups excluding tert-OH is 2. The van der Waals surface area contributed by atoms with Crippen LogP contribution in [0.25, 0.3) is 0 Å². The molecule has 0 radical (unpaired) electrons. The van der Waals surface area contributed by atoms with Gasteiger partial charge in [-0.2, -0.15) is 0 Å². The first-order chi connectivity index (χ1) is 5.66. The Morgan fingerprint density at radius 3 is 2.67 bits per heavy atom. The first kappa shape index (κ1) is 9.28. The van der Waals surface area contributed by atoms with Gasteiger partial charge in [0, 0.05) is 6.54 Å². The second-order valence-corrected chi connectivity index (χ2v) is 2.94. The normalized spacial score (nSPS) is 30.3. The van der Waals surface area contributed by atoms with Crippen molar-refractivity contribution in [3.63, 3.8) is 0 Å². The predicted molar refractivity (Wildman–Crippen MR) is 40.8 cm³/mol. The van der Waals surface area contributed by atoms with Crippen molar-refractivity contribution in [3.8, 4) is 0 Å². The number of rotatable bonds is 1. The van der Waals surface area contributed by atoms with Crippen molar-refractivity contribution in [3.05, 3.63) is 0 Å². The highest BCUT2D eigenvalue weighted by atomic mass is 16.4. The predicted octanol–water partition coefficient (Wildman–Crippen LogP) is -0.518. The minimum Gasteiger partial charge on any atom is -0.465 e. The lowest BCUT2D eigenvalue weighted by molar-refractivity contribution is -0.00798. The third kappa shape index (κ3) is 1.67. The van der Waals surface area contributed by atoms with E-state index in [1.165, 1.54) is 0 Å². The van der Waals surface area contributed by atoms with Gasteiger partial charge in [0.1, 0.15) is 0 Å². The van der Waals surface area contributed by atoms with Gasteiger partial charge in [0.15, 0.2) is 0 Å². The van der Waals surface area contributed by atoms with Crippen LogP contribution in [0.4, 0.5) is 4.79 Å². The third-order valence-electron chi connectivity index (χ3n) is 2.18. The molecule has 1 fully saturated rings. The fraction of sp³-hybridized carbons (Fsp3) is 0.857. The summed E-state index contributed by atoms with van der Waals surface area (Å²) >= 11 is 0. The molecule has 1 rings (SSSR count). The molecule has 0 aromatic heterocycles. The van der Waals surface area contributed by atoms with Crippen LogP contribution in [0.2, 0.25) is 0 Å². The van der Waals surface area contributed by atoms with Gasteiger partial charge in [-0.1, -0.05) is 0 Å². The zero-order chi connectivity index (χ0) is 9.14. The van der Waals surface area contributed by atoms with E-state index in [0.29, 0.717) is 19.4 Å². The van der Waals surface area contributed by atoms with Gasteiger partial charge in [-0.05, 0) is 12.8 Å². The summed E-state index contributed by atoms with van der Waals surface area (Å²) in [6.07, 6.45) is -0.577. The quantitative estimate of drug-likeness (QED) is 0.501. The number of carbonyl (C=O) groups is 1. The molecular weight excluding hydrogens is 162 g/mol. The first-order valence-corrected chi connectivity index (χ1v) is 3.95. The summed E-state index contributed by atoms with van der Waals surface area (Å²) < 4.78 is 0. The largest absolute Gasteiger partial charge is 0.465 e. The van der Waals surface area contributed by atoms with Crippen molar-refractivity contribution in [2.45, 2.75) is 25.0 Å². The van der Waals surface area contributed by atoms with E-state index in [9.17, 15) is 9.90 Å². The smallest absolute Gasteiger partial charge is 0.407 e. The lowest BCUT2D eigenvalue weighted by Gasteiger charge is -2.35. The molecule has 5 nitrogen and oxygen atoms in total. The maximum absolute atomic E-state index is 10.6. The highest BCUT2D eigenvalue weighted by molar-refractivity contribution is 5.65. The Hall–Kier alpha value is -0.810. The lowest BCUT2D eigenvalue weighted by Crippen LogP contribution is -2.52. The highest BCUT2D eigenvalue weighted by Gasteiger charge is 2.32. The molecule has 2 atom stereocenters. The fourth-order valence-electron chi connectivity index (χ4n) is 1.49. The van der Waals surface area contributed by atoms with E-state index in [1.54, 1.807) is 0 Å². The average molecular weight is 175 g/mol. The molecule has 5 heteroatoms. The van der Waals surface area contributed by atoms with E-state index < -0.39 is 18.2 Å². The van der Waals surface area contributed by atoms with Crippen LogP contribution in [-0.2, 0) is 0 Å². The number of carboxylic acid groups (broad SMARTS) is 1. The van der Waals surface area contributed by atoms with Gasteiger partial charge in [-0.25, -0.2) is 4.79 Å². The van der Waals surface area contributed by atoms with E-state index in [0.717, 1.165) is 4.90 Å². The summed E-state index contributed by atoms with van der Waals surface area (Å²) in [4.78, 5) is 11.7. The van der Waals surface area contributed by atoms with Gasteiger partial charge in [-0.15, -0.1) is 0 Å². The van der Waals surface area contributed by atoms with Crippen molar-refractivity contribution in [1.82, 2.24) is 4.90 Å². The first-order valence-electron chi connectivity index (χ1n) is 3.95. The summed E-state index contributed by atoms with van der Waals surface area (Å²) in [5.74, 6) is 0. The molecule has 1 aliphatic heterocycles. The highest BCUT2D eigenvalue weighted by Crippen LogP contribution is 2.17. The van der Waals surface area contributed by atoms with Crippen LogP contribution in [-0.4, -0.2) is 51.6 Å². The van der Waals surface area contributed by atoms with E-state index in [2.05, 4.69) is 0 Å². The Bertz CT molecular complexity index is 173. The third-order valence-corrected chi connectivity index (χ3v) is 2.18. The van der Waals surface area contributed by atoms with Gasteiger partial charge in [0.2, 0.25) is 0 Å². The standard InChI is InChI=1S/C7H13NO4/c9-4-5-6(10)2-1-3-8(5)7(11)12/h5-6,9-10H,1-4H2,(H,11,12)/t5-,6+/m1/s1. The van der Waals surface area contributed by atoms with Crippen LogP contribution in [0, 0.1) is 0 Å². The molecule has 1 heterocycles. The van der Waals surface area contributed by atoms with E-state index in [-0.39, 0.29) is 6.61 Å². The van der Waals surface area contributed by atoms with Crippen LogP contribution < -0.4 is 0 Å². The van der Waals surface area contributed by atoms with Crippen molar-refractivity contribution in [2.75, 3.05) is 13.2 Å². The molecule has 0 aromatic carbocycles. The fourth-order valence-corrected chi connectivity index (χ4v) is 1.49. The van der Waals surface area contributed by atoms with Crippen molar-refractivity contribution in [2.24, 2.45) is 0 Å². The summed E-state index contributed by atoms with van der Waals surface area (Å²) in [6, 6.07) is -0.642. The lowest BCUT2D eigenvalue weighted by atomic mass is 10.0. The number of piperidine rings is 1. The maximum Gasteiger partial charge on any atom is 0.407 e. The van der Waals surface area contributed by atoms with E-state index in [1.807, 2.05) is 0 Å². The Kier molecular flexibility index (Phi) is 2.88. The van der Waals surface area contributed by atoms with E-state index in [4.69, 9.17) is 10.2 Å². The van der Waals surface area contributed by atoms with E-state index >= 15 is 0 Å². The van der Waals surface area contributed by atoms with Gasteiger partial charge in [0.25, 0.3) is 0 Å². The average Bonchev–Trinajstić information content (AvgIpc) is 2.03. The molecular formula is C7H13NO4. The summed E-state index contributed by atoms with van der Waals surface area (Å²) in [7, 11) is 0. The van der Waals surface area contributed by atoms with Crippen LogP contribution in [0.15, 0.2) is 0 Å². The van der Waals surface area contributed by atoms with Gasteiger partial charge < -0.3 is 20.2 Å². The number of hydrogen-bond acceptors (Lipinski definition) is 3. The zero-order valence-electron chi connectivity index (χ0n) is 6.68. The zero-order valence-corrected chi connectivity index (χ0v) is 6.68. The van der Waals surface area contributed by atoms with Crippen molar-refractivity contribution in [1.29, 1.82) is 0 Å².